The van der Waals surface area contributed by atoms with Crippen molar-refractivity contribution < 1.29 is 32.9 Å². The van der Waals surface area contributed by atoms with Gasteiger partial charge in [0.05, 0.1) is 26.4 Å². The summed E-state index contributed by atoms with van der Waals surface area (Å²) in [6, 6.07) is 12.5. The molecule has 9 heteroatoms. The molecule has 0 bridgehead atoms. The summed E-state index contributed by atoms with van der Waals surface area (Å²) in [5, 5.41) is 0. The minimum Gasteiger partial charge on any atom is -0.458 e. The van der Waals surface area contributed by atoms with Crippen molar-refractivity contribution in [3.05, 3.63) is 71.6 Å². The summed E-state index contributed by atoms with van der Waals surface area (Å²) in [6.07, 6.45) is 4.14. The fourth-order valence-electron chi connectivity index (χ4n) is 4.46. The molecular formula is C33H45FN2O6. The number of hydrogen-bond donors (Lipinski definition) is 0. The van der Waals surface area contributed by atoms with Crippen LogP contribution in [-0.2, 0) is 36.8 Å². The van der Waals surface area contributed by atoms with Crippen LogP contribution in [0.25, 0.3) is 5.57 Å². The van der Waals surface area contributed by atoms with Gasteiger partial charge in [-0.3, -0.25) is 9.88 Å². The van der Waals surface area contributed by atoms with Crippen LogP contribution in [0.5, 0.6) is 0 Å². The third-order valence-electron chi connectivity index (χ3n) is 6.68. The summed E-state index contributed by atoms with van der Waals surface area (Å²) < 4.78 is 37.5. The van der Waals surface area contributed by atoms with E-state index in [0.29, 0.717) is 32.7 Å². The summed E-state index contributed by atoms with van der Waals surface area (Å²) in [5.41, 5.74) is 1.62. The molecule has 0 saturated heterocycles. The van der Waals surface area contributed by atoms with Crippen LogP contribution in [-0.4, -0.2) is 72.2 Å². The van der Waals surface area contributed by atoms with E-state index < -0.39 is 35.5 Å². The van der Waals surface area contributed by atoms with E-state index in [2.05, 4.69) is 11.1 Å². The number of pyridine rings is 1. The number of halogens is 1. The standard InChI is InChI=1S/C33H45FN2O6/c1-32(2,3)42-31(38)36(6)29(20-33(4,5)34)30(37)41-28(23-40-22-24-10-8-7-9-11-24)15-14-27-13-12-26(21-35-27)25-16-18-39-19-17-25/h7-13,16,21,28-29H,14-15,17-20,22-23H2,1-6H3/t28-,29+/m1/s1. The van der Waals surface area contributed by atoms with Gasteiger partial charge in [-0.25, -0.2) is 14.0 Å². The van der Waals surface area contributed by atoms with Crippen molar-refractivity contribution in [3.8, 4) is 0 Å². The Morgan fingerprint density at radius 2 is 1.83 bits per heavy atom. The van der Waals surface area contributed by atoms with Gasteiger partial charge in [0.25, 0.3) is 0 Å². The number of aromatic nitrogens is 1. The van der Waals surface area contributed by atoms with Gasteiger partial charge in [-0.2, -0.15) is 0 Å². The molecule has 3 rings (SSSR count). The van der Waals surface area contributed by atoms with Crippen LogP contribution in [0, 0.1) is 0 Å². The lowest BCUT2D eigenvalue weighted by Gasteiger charge is -2.32. The molecule has 1 aromatic carbocycles. The monoisotopic (exact) mass is 584 g/mol. The number of hydrogen-bond acceptors (Lipinski definition) is 7. The highest BCUT2D eigenvalue weighted by molar-refractivity contribution is 5.81. The number of ether oxygens (including phenoxy) is 4. The summed E-state index contributed by atoms with van der Waals surface area (Å²) in [6.45, 7) is 9.70. The molecule has 230 valence electrons. The first-order valence-corrected chi connectivity index (χ1v) is 14.5. The molecular weight excluding hydrogens is 539 g/mol. The smallest absolute Gasteiger partial charge is 0.410 e. The Hall–Kier alpha value is -3.30. The molecule has 8 nitrogen and oxygen atoms in total. The molecule has 42 heavy (non-hydrogen) atoms. The zero-order chi connectivity index (χ0) is 30.8. The van der Waals surface area contributed by atoms with Crippen LogP contribution in [0.2, 0.25) is 0 Å². The number of carbonyl (C=O) groups excluding carboxylic acids is 2. The summed E-state index contributed by atoms with van der Waals surface area (Å²) in [4.78, 5) is 32.0. The quantitative estimate of drug-likeness (QED) is 0.255. The molecule has 2 heterocycles. The van der Waals surface area contributed by atoms with Crippen LogP contribution in [0.3, 0.4) is 0 Å². The van der Waals surface area contributed by atoms with Crippen molar-refractivity contribution in [1.29, 1.82) is 0 Å². The first kappa shape index (κ1) is 33.2. The van der Waals surface area contributed by atoms with E-state index in [4.69, 9.17) is 18.9 Å². The lowest BCUT2D eigenvalue weighted by Crippen LogP contribution is -2.48. The second-order valence-corrected chi connectivity index (χ2v) is 12.2. The number of carbonyl (C=O) groups is 2. The van der Waals surface area contributed by atoms with Gasteiger partial charge in [0.2, 0.25) is 0 Å². The van der Waals surface area contributed by atoms with Gasteiger partial charge in [-0.1, -0.05) is 42.5 Å². The van der Waals surface area contributed by atoms with Crippen molar-refractivity contribution in [1.82, 2.24) is 9.88 Å². The van der Waals surface area contributed by atoms with Gasteiger partial charge in [-0.05, 0) is 76.6 Å². The van der Waals surface area contributed by atoms with E-state index in [1.165, 1.54) is 26.5 Å². The van der Waals surface area contributed by atoms with E-state index in [1.807, 2.05) is 48.7 Å². The highest BCUT2D eigenvalue weighted by Gasteiger charge is 2.37. The van der Waals surface area contributed by atoms with E-state index in [1.54, 1.807) is 20.8 Å². The Morgan fingerprint density at radius 1 is 1.10 bits per heavy atom. The average Bonchev–Trinajstić information content (AvgIpc) is 2.94. The van der Waals surface area contributed by atoms with Crippen LogP contribution < -0.4 is 0 Å². The molecule has 0 radical (unpaired) electrons. The maximum absolute atomic E-state index is 14.8. The highest BCUT2D eigenvalue weighted by Crippen LogP contribution is 2.24. The fraction of sp³-hybridized carbons (Fsp3) is 0.545. The van der Waals surface area contributed by atoms with Gasteiger partial charge in [0.1, 0.15) is 23.4 Å². The number of likely N-dealkylation sites (N-methyl/N-ethyl adjacent to an activating group) is 1. The lowest BCUT2D eigenvalue weighted by molar-refractivity contribution is -0.160. The van der Waals surface area contributed by atoms with Crippen molar-refractivity contribution in [2.75, 3.05) is 26.9 Å². The second kappa shape index (κ2) is 15.3. The van der Waals surface area contributed by atoms with Gasteiger partial charge < -0.3 is 18.9 Å². The van der Waals surface area contributed by atoms with Crippen LogP contribution >= 0.6 is 0 Å². The molecule has 2 atom stereocenters. The number of esters is 1. The average molecular weight is 585 g/mol. The van der Waals surface area contributed by atoms with E-state index in [0.717, 1.165) is 28.1 Å². The Morgan fingerprint density at radius 3 is 2.43 bits per heavy atom. The maximum Gasteiger partial charge on any atom is 0.410 e. The highest BCUT2D eigenvalue weighted by atomic mass is 19.1. The second-order valence-electron chi connectivity index (χ2n) is 12.2. The normalized spacial score (nSPS) is 15.4. The summed E-state index contributed by atoms with van der Waals surface area (Å²) in [5.74, 6) is -0.711. The minimum atomic E-state index is -1.73. The fourth-order valence-corrected chi connectivity index (χ4v) is 4.46. The summed E-state index contributed by atoms with van der Waals surface area (Å²) >= 11 is 0. The first-order chi connectivity index (χ1) is 19.8. The summed E-state index contributed by atoms with van der Waals surface area (Å²) in [7, 11) is 1.42. The first-order valence-electron chi connectivity index (χ1n) is 14.5. The van der Waals surface area contributed by atoms with Gasteiger partial charge in [0.15, 0.2) is 0 Å². The number of amides is 1. The van der Waals surface area contributed by atoms with E-state index >= 15 is 0 Å². The molecule has 1 aliphatic rings. The number of benzene rings is 1. The Kier molecular flexibility index (Phi) is 12.1. The van der Waals surface area contributed by atoms with Crippen molar-refractivity contribution in [2.45, 2.75) is 90.3 Å². The third-order valence-corrected chi connectivity index (χ3v) is 6.68. The van der Waals surface area contributed by atoms with Gasteiger partial charge in [-0.15, -0.1) is 0 Å². The SMILES string of the molecule is CN(C(=O)OC(C)(C)C)[C@@H](CC(C)(C)F)C(=O)O[C@H](CCc1ccc(C2=CCOCC2)cn1)COCc1ccccc1. The molecule has 1 amide bonds. The van der Waals surface area contributed by atoms with Crippen molar-refractivity contribution >= 4 is 17.6 Å². The predicted molar refractivity (Wildman–Crippen MR) is 160 cm³/mol. The molecule has 0 fully saturated rings. The molecule has 0 aliphatic carbocycles. The molecule has 0 spiro atoms. The zero-order valence-electron chi connectivity index (χ0n) is 25.7. The van der Waals surface area contributed by atoms with Crippen LogP contribution in [0.4, 0.5) is 9.18 Å². The Labute approximate surface area is 249 Å². The van der Waals surface area contributed by atoms with Crippen LogP contribution in [0.15, 0.2) is 54.7 Å². The molecule has 2 aromatic rings. The predicted octanol–water partition coefficient (Wildman–Crippen LogP) is 6.32. The molecule has 1 aromatic heterocycles. The maximum atomic E-state index is 14.8. The Balaban J connectivity index is 1.71. The number of rotatable bonds is 13. The van der Waals surface area contributed by atoms with Crippen LogP contribution in [0.1, 0.15) is 70.7 Å². The molecule has 0 N–H and O–H groups in total. The number of aryl methyl sites for hydroxylation is 1. The topological polar surface area (TPSA) is 87.2 Å². The van der Waals surface area contributed by atoms with E-state index in [-0.39, 0.29) is 13.0 Å². The Bertz CT molecular complexity index is 1170. The number of nitrogens with zero attached hydrogens (tertiary/aromatic N) is 2. The third kappa shape index (κ3) is 11.5. The molecule has 0 saturated carbocycles. The van der Waals surface area contributed by atoms with Gasteiger partial charge >= 0.3 is 12.1 Å². The molecule has 1 aliphatic heterocycles. The van der Waals surface area contributed by atoms with Crippen molar-refractivity contribution in [2.24, 2.45) is 0 Å². The van der Waals surface area contributed by atoms with Crippen molar-refractivity contribution in [3.63, 3.8) is 0 Å². The lowest BCUT2D eigenvalue weighted by atomic mass is 10.00. The number of alkyl halides is 1. The largest absolute Gasteiger partial charge is 0.458 e. The molecule has 0 unspecified atom stereocenters. The van der Waals surface area contributed by atoms with E-state index in [9.17, 15) is 14.0 Å². The minimum absolute atomic E-state index is 0.132. The van der Waals surface area contributed by atoms with Gasteiger partial charge in [0, 0.05) is 25.4 Å². The zero-order valence-corrected chi connectivity index (χ0v) is 25.7.